The number of H-pyrrole nitrogens is 1. The number of alkyl halides is 1. The van der Waals surface area contributed by atoms with Crippen molar-refractivity contribution >= 4 is 56.5 Å². The van der Waals surface area contributed by atoms with Crippen molar-refractivity contribution in [2.24, 2.45) is 0 Å². The van der Waals surface area contributed by atoms with Gasteiger partial charge in [-0.25, -0.2) is 0 Å². The number of fused-ring (bicyclic) bond motifs is 4. The number of nitrogens with zero attached hydrogens (tertiary/aromatic N) is 1. The van der Waals surface area contributed by atoms with Gasteiger partial charge in [-0.05, 0) is 48.2 Å². The normalized spacial score (nSPS) is 16.0. The van der Waals surface area contributed by atoms with Crippen LogP contribution in [0.1, 0.15) is 28.9 Å². The summed E-state index contributed by atoms with van der Waals surface area (Å²) in [5.41, 5.74) is 3.72. The van der Waals surface area contributed by atoms with Crippen molar-refractivity contribution in [2.45, 2.75) is 18.9 Å². The average molecular weight is 478 g/mol. The molecule has 3 aromatic carbocycles. The van der Waals surface area contributed by atoms with E-state index in [1.807, 2.05) is 54.6 Å². The molecule has 1 aromatic heterocycles. The number of aromatic nitrogens is 1. The Hall–Kier alpha value is -3.71. The number of nitrogens with one attached hydrogen (secondary N) is 2. The first-order valence-electron chi connectivity index (χ1n) is 11.0. The number of amides is 1. The molecular formula is C26H24ClN3O4. The van der Waals surface area contributed by atoms with Gasteiger partial charge in [0.15, 0.2) is 0 Å². The van der Waals surface area contributed by atoms with E-state index >= 15 is 0 Å². The highest BCUT2D eigenvalue weighted by Gasteiger charge is 2.35. The smallest absolute Gasteiger partial charge is 0.325 e. The molecule has 1 amide bonds. The van der Waals surface area contributed by atoms with Crippen molar-refractivity contribution in [2.75, 3.05) is 29.8 Å². The van der Waals surface area contributed by atoms with Crippen molar-refractivity contribution in [1.82, 2.24) is 4.98 Å². The Labute approximate surface area is 201 Å². The third kappa shape index (κ3) is 3.62. The molecule has 1 aliphatic heterocycles. The minimum Gasteiger partial charge on any atom is -0.497 e. The average Bonchev–Trinajstić information content (AvgIpc) is 3.44. The number of ether oxygens (including phenoxy) is 1. The molecule has 2 atom stereocenters. The van der Waals surface area contributed by atoms with E-state index in [1.165, 1.54) is 0 Å². The summed E-state index contributed by atoms with van der Waals surface area (Å²) in [6, 6.07) is 16.3. The molecule has 2 heterocycles. The summed E-state index contributed by atoms with van der Waals surface area (Å²) in [7, 11) is 1.61. The molecule has 2 unspecified atom stereocenters. The van der Waals surface area contributed by atoms with Gasteiger partial charge in [0.25, 0.3) is 5.91 Å². The monoisotopic (exact) mass is 477 g/mol. The highest BCUT2D eigenvalue weighted by Crippen LogP contribution is 2.45. The summed E-state index contributed by atoms with van der Waals surface area (Å²) in [6.45, 7) is 2.03. The van der Waals surface area contributed by atoms with E-state index in [0.29, 0.717) is 29.6 Å². The molecule has 0 bridgehead atoms. The molecule has 8 heteroatoms. The van der Waals surface area contributed by atoms with Crippen LogP contribution in [0, 0.1) is 0 Å². The molecule has 0 radical (unpaired) electrons. The van der Waals surface area contributed by atoms with Gasteiger partial charge in [0, 0.05) is 40.3 Å². The van der Waals surface area contributed by atoms with Gasteiger partial charge >= 0.3 is 5.97 Å². The summed E-state index contributed by atoms with van der Waals surface area (Å²) < 4.78 is 5.30. The van der Waals surface area contributed by atoms with Crippen molar-refractivity contribution in [3.63, 3.8) is 0 Å². The van der Waals surface area contributed by atoms with E-state index in [-0.39, 0.29) is 11.8 Å². The Bertz CT molecular complexity index is 1430. The minimum atomic E-state index is -0.954. The molecule has 3 N–H and O–H groups in total. The number of aliphatic carboxylic acids is 1. The van der Waals surface area contributed by atoms with Crippen LogP contribution in [0.3, 0.4) is 0 Å². The number of carboxylic acids is 1. The highest BCUT2D eigenvalue weighted by molar-refractivity contribution is 6.19. The van der Waals surface area contributed by atoms with E-state index in [9.17, 15) is 14.7 Å². The third-order valence-corrected chi connectivity index (χ3v) is 6.77. The summed E-state index contributed by atoms with van der Waals surface area (Å²) in [5.74, 6) is -0.0840. The zero-order valence-corrected chi connectivity index (χ0v) is 19.5. The number of halogens is 1. The molecule has 5 rings (SSSR count). The fraction of sp³-hybridized carbons (Fsp3) is 0.231. The molecule has 0 saturated carbocycles. The van der Waals surface area contributed by atoms with Gasteiger partial charge in [-0.3, -0.25) is 9.59 Å². The van der Waals surface area contributed by atoms with E-state index < -0.39 is 12.0 Å². The Morgan fingerprint density at radius 1 is 1.21 bits per heavy atom. The standard InChI is InChI=1S/C26H24ClN3O4/c1-14(26(32)33)28-21-11-23-24(19-6-4-3-5-18(19)21)16(12-27)13-30(23)25(31)22-10-15-9-17(34-2)7-8-20(15)29-22/h3-11,14,16,28-29H,12-13H2,1-2H3,(H,32,33). The quantitative estimate of drug-likeness (QED) is 0.332. The van der Waals surface area contributed by atoms with Gasteiger partial charge in [0.2, 0.25) is 0 Å². The number of hydrogen-bond acceptors (Lipinski definition) is 4. The number of aromatic amines is 1. The molecule has 0 aliphatic carbocycles. The van der Waals surface area contributed by atoms with Gasteiger partial charge in [-0.15, -0.1) is 11.6 Å². The van der Waals surface area contributed by atoms with Gasteiger partial charge < -0.3 is 25.0 Å². The fourth-order valence-electron chi connectivity index (χ4n) is 4.68. The third-order valence-electron chi connectivity index (χ3n) is 6.40. The predicted molar refractivity (Wildman–Crippen MR) is 135 cm³/mol. The Morgan fingerprint density at radius 3 is 2.68 bits per heavy atom. The summed E-state index contributed by atoms with van der Waals surface area (Å²) >= 11 is 6.36. The maximum atomic E-state index is 13.7. The van der Waals surface area contributed by atoms with E-state index in [0.717, 1.165) is 32.9 Å². The zero-order chi connectivity index (χ0) is 24.0. The highest BCUT2D eigenvalue weighted by atomic mass is 35.5. The maximum Gasteiger partial charge on any atom is 0.325 e. The second kappa shape index (κ2) is 8.57. The lowest BCUT2D eigenvalue weighted by atomic mass is 9.94. The lowest BCUT2D eigenvalue weighted by Gasteiger charge is -2.20. The van der Waals surface area contributed by atoms with Crippen LogP contribution in [0.5, 0.6) is 5.75 Å². The van der Waals surface area contributed by atoms with Crippen LogP contribution in [-0.2, 0) is 4.79 Å². The second-order valence-electron chi connectivity index (χ2n) is 8.51. The molecule has 4 aromatic rings. The minimum absolute atomic E-state index is 0.0408. The predicted octanol–water partition coefficient (Wildman–Crippen LogP) is 5.20. The lowest BCUT2D eigenvalue weighted by molar-refractivity contribution is -0.137. The van der Waals surface area contributed by atoms with Crippen LogP contribution >= 0.6 is 11.6 Å². The Morgan fingerprint density at radius 2 is 1.97 bits per heavy atom. The molecular weight excluding hydrogens is 454 g/mol. The van der Waals surface area contributed by atoms with E-state index in [1.54, 1.807) is 18.9 Å². The number of hydrogen-bond donors (Lipinski definition) is 3. The number of methoxy groups -OCH3 is 1. The van der Waals surface area contributed by atoms with E-state index in [2.05, 4.69) is 10.3 Å². The molecule has 0 spiro atoms. The summed E-state index contributed by atoms with van der Waals surface area (Å²) in [5, 5.41) is 15.3. The molecule has 174 valence electrons. The Balaban J connectivity index is 1.62. The molecule has 0 fully saturated rings. The largest absolute Gasteiger partial charge is 0.497 e. The van der Waals surface area contributed by atoms with Crippen LogP contribution in [0.4, 0.5) is 11.4 Å². The number of rotatable bonds is 6. The van der Waals surface area contributed by atoms with Crippen LogP contribution in [-0.4, -0.2) is 47.5 Å². The van der Waals surface area contributed by atoms with Crippen molar-refractivity contribution in [1.29, 1.82) is 0 Å². The topological polar surface area (TPSA) is 94.7 Å². The van der Waals surface area contributed by atoms with Crippen LogP contribution in [0.2, 0.25) is 0 Å². The summed E-state index contributed by atoms with van der Waals surface area (Å²) in [6.07, 6.45) is 0. The second-order valence-corrected chi connectivity index (χ2v) is 8.82. The number of carbonyl (C=O) groups excluding carboxylic acids is 1. The number of benzene rings is 3. The first kappa shape index (κ1) is 22.1. The summed E-state index contributed by atoms with van der Waals surface area (Å²) in [4.78, 5) is 30.1. The first-order chi connectivity index (χ1) is 16.4. The number of carboxylic acid groups (broad SMARTS) is 1. The number of anilines is 2. The van der Waals surface area contributed by atoms with Crippen LogP contribution < -0.4 is 15.0 Å². The number of carbonyl (C=O) groups is 2. The van der Waals surface area contributed by atoms with Crippen molar-refractivity contribution < 1.29 is 19.4 Å². The van der Waals surface area contributed by atoms with Crippen LogP contribution in [0.25, 0.3) is 21.7 Å². The molecule has 1 aliphatic rings. The lowest BCUT2D eigenvalue weighted by Crippen LogP contribution is -2.30. The molecule has 34 heavy (non-hydrogen) atoms. The van der Waals surface area contributed by atoms with Crippen LogP contribution in [0.15, 0.2) is 54.6 Å². The molecule has 0 saturated heterocycles. The maximum absolute atomic E-state index is 13.7. The van der Waals surface area contributed by atoms with Crippen molar-refractivity contribution in [3.05, 3.63) is 65.9 Å². The fourth-order valence-corrected chi connectivity index (χ4v) is 4.93. The SMILES string of the molecule is COc1ccc2[nH]c(C(=O)N3CC(CCl)c4c3cc(NC(C)C(=O)O)c3ccccc43)cc2c1. The first-order valence-corrected chi connectivity index (χ1v) is 11.5. The zero-order valence-electron chi connectivity index (χ0n) is 18.8. The molecule has 7 nitrogen and oxygen atoms in total. The van der Waals surface area contributed by atoms with Gasteiger partial charge in [-0.1, -0.05) is 24.3 Å². The van der Waals surface area contributed by atoms with E-state index in [4.69, 9.17) is 16.3 Å². The van der Waals surface area contributed by atoms with Crippen molar-refractivity contribution in [3.8, 4) is 5.75 Å². The van der Waals surface area contributed by atoms with Gasteiger partial charge in [0.1, 0.15) is 17.5 Å². The van der Waals surface area contributed by atoms with Gasteiger partial charge in [-0.2, -0.15) is 0 Å². The Kier molecular flexibility index (Phi) is 5.57. The van der Waals surface area contributed by atoms with Gasteiger partial charge in [0.05, 0.1) is 12.8 Å².